The summed E-state index contributed by atoms with van der Waals surface area (Å²) in [7, 11) is 0. The van der Waals surface area contributed by atoms with Gasteiger partial charge in [-0.2, -0.15) is 21.6 Å². The van der Waals surface area contributed by atoms with Crippen molar-refractivity contribution in [2.75, 3.05) is 0 Å². The predicted molar refractivity (Wildman–Crippen MR) is 111 cm³/mol. The molecule has 0 unspecified atom stereocenters. The minimum atomic E-state index is -0.277. The summed E-state index contributed by atoms with van der Waals surface area (Å²) in [4.78, 5) is 17.2. The van der Waals surface area contributed by atoms with E-state index in [2.05, 4.69) is 10.1 Å². The van der Waals surface area contributed by atoms with Crippen LogP contribution in [-0.2, 0) is 6.61 Å². The molecule has 29 heavy (non-hydrogen) atoms. The molecule has 0 spiro atoms. The highest BCUT2D eigenvalue weighted by atomic mass is 32.1. The highest BCUT2D eigenvalue weighted by Crippen LogP contribution is 2.21. The van der Waals surface area contributed by atoms with Gasteiger partial charge in [-0.05, 0) is 46.7 Å². The van der Waals surface area contributed by atoms with E-state index >= 15 is 0 Å². The third-order valence-electron chi connectivity index (χ3n) is 3.91. The van der Waals surface area contributed by atoms with Crippen LogP contribution in [0.2, 0.25) is 0 Å². The Labute approximate surface area is 174 Å². The summed E-state index contributed by atoms with van der Waals surface area (Å²) in [5, 5.41) is 18.9. The number of rotatable bonds is 7. The number of carbonyl (C=O) groups excluding carboxylic acids is 1. The summed E-state index contributed by atoms with van der Waals surface area (Å²) in [5.41, 5.74) is 1.73. The normalized spacial score (nSPS) is 11.2. The second-order valence-corrected chi connectivity index (χ2v) is 7.59. The van der Waals surface area contributed by atoms with Gasteiger partial charge in [-0.1, -0.05) is 23.4 Å². The summed E-state index contributed by atoms with van der Waals surface area (Å²) in [5.74, 6) is 1.24. The van der Waals surface area contributed by atoms with Gasteiger partial charge in [-0.25, -0.2) is 0 Å². The van der Waals surface area contributed by atoms with Gasteiger partial charge in [0.25, 0.3) is 5.89 Å². The van der Waals surface area contributed by atoms with E-state index in [0.717, 1.165) is 11.1 Å². The minimum absolute atomic E-state index is 0.0907. The maximum Gasteiger partial charge on any atom is 0.264 e. The highest BCUT2D eigenvalue weighted by Gasteiger charge is 2.13. The molecular formula is C21H13N3O3S2. The Morgan fingerprint density at radius 3 is 2.76 bits per heavy atom. The third kappa shape index (κ3) is 4.48. The van der Waals surface area contributed by atoms with E-state index in [0.29, 0.717) is 22.3 Å². The molecule has 142 valence electrons. The zero-order chi connectivity index (χ0) is 20.1. The highest BCUT2D eigenvalue weighted by molar-refractivity contribution is 7.12. The molecule has 1 aromatic carbocycles. The van der Waals surface area contributed by atoms with Crippen molar-refractivity contribution < 1.29 is 14.1 Å². The lowest BCUT2D eigenvalue weighted by molar-refractivity contribution is 0.104. The van der Waals surface area contributed by atoms with Crippen molar-refractivity contribution in [3.63, 3.8) is 0 Å². The van der Waals surface area contributed by atoms with Crippen molar-refractivity contribution >= 4 is 34.5 Å². The number of thiophene rings is 2. The van der Waals surface area contributed by atoms with Gasteiger partial charge in [0.05, 0.1) is 4.88 Å². The molecule has 0 aliphatic heterocycles. The molecule has 0 N–H and O–H groups in total. The van der Waals surface area contributed by atoms with Crippen LogP contribution in [0.25, 0.3) is 17.5 Å². The van der Waals surface area contributed by atoms with Crippen molar-refractivity contribution in [3.8, 4) is 23.2 Å². The van der Waals surface area contributed by atoms with Crippen molar-refractivity contribution in [1.29, 1.82) is 5.26 Å². The number of allylic oxidation sites excluding steroid dienone is 1. The number of ether oxygens (including phenoxy) is 1. The first-order valence-corrected chi connectivity index (χ1v) is 10.3. The third-order valence-corrected chi connectivity index (χ3v) is 5.46. The lowest BCUT2D eigenvalue weighted by Crippen LogP contribution is -1.99. The first-order chi connectivity index (χ1) is 14.2. The lowest BCUT2D eigenvalue weighted by Gasteiger charge is -2.03. The number of ketones is 1. The maximum atomic E-state index is 12.3. The molecule has 0 bridgehead atoms. The maximum absolute atomic E-state index is 12.3. The predicted octanol–water partition coefficient (Wildman–Crippen LogP) is 5.23. The lowest BCUT2D eigenvalue weighted by atomic mass is 10.1. The monoisotopic (exact) mass is 419 g/mol. The average Bonchev–Trinajstić information content (AvgIpc) is 3.52. The molecule has 0 atom stereocenters. The van der Waals surface area contributed by atoms with Crippen LogP contribution in [0.15, 0.2) is 68.7 Å². The fourth-order valence-corrected chi connectivity index (χ4v) is 3.80. The summed E-state index contributed by atoms with van der Waals surface area (Å²) in [6.45, 7) is 0.145. The molecule has 0 aliphatic carbocycles. The molecule has 0 amide bonds. The van der Waals surface area contributed by atoms with E-state index in [9.17, 15) is 10.1 Å². The van der Waals surface area contributed by atoms with Crippen molar-refractivity contribution in [2.45, 2.75) is 6.61 Å². The van der Waals surface area contributed by atoms with Gasteiger partial charge >= 0.3 is 0 Å². The zero-order valence-corrected chi connectivity index (χ0v) is 16.6. The largest absolute Gasteiger partial charge is 0.484 e. The Balaban J connectivity index is 1.40. The van der Waals surface area contributed by atoms with E-state index in [1.807, 2.05) is 22.9 Å². The van der Waals surface area contributed by atoms with Crippen LogP contribution in [0.4, 0.5) is 0 Å². The van der Waals surface area contributed by atoms with Crippen LogP contribution in [0.5, 0.6) is 5.75 Å². The molecule has 3 heterocycles. The number of benzene rings is 1. The van der Waals surface area contributed by atoms with Crippen molar-refractivity contribution in [3.05, 3.63) is 80.5 Å². The quantitative estimate of drug-likeness (QED) is 0.232. The molecule has 4 aromatic rings. The molecule has 4 rings (SSSR count). The summed E-state index contributed by atoms with van der Waals surface area (Å²) in [6, 6.07) is 14.5. The van der Waals surface area contributed by atoms with Crippen LogP contribution in [0.1, 0.15) is 21.1 Å². The molecule has 8 heteroatoms. The number of nitrogens with zero attached hydrogens (tertiary/aromatic N) is 3. The number of Topliss-reactive ketones (excluding diaryl/α,β-unsaturated/α-hetero) is 1. The number of hydrogen-bond donors (Lipinski definition) is 0. The first-order valence-electron chi connectivity index (χ1n) is 8.51. The summed E-state index contributed by atoms with van der Waals surface area (Å²) >= 11 is 2.88. The smallest absolute Gasteiger partial charge is 0.264 e. The van der Waals surface area contributed by atoms with Crippen LogP contribution >= 0.6 is 22.7 Å². The number of aromatic nitrogens is 2. The van der Waals surface area contributed by atoms with Crippen molar-refractivity contribution in [2.24, 2.45) is 0 Å². The Morgan fingerprint density at radius 1 is 1.21 bits per heavy atom. The number of nitriles is 1. The van der Waals surface area contributed by atoms with Crippen LogP contribution in [-0.4, -0.2) is 15.9 Å². The van der Waals surface area contributed by atoms with E-state index < -0.39 is 0 Å². The van der Waals surface area contributed by atoms with Gasteiger partial charge in [-0.15, -0.1) is 11.3 Å². The molecule has 3 aromatic heterocycles. The Morgan fingerprint density at radius 2 is 2.07 bits per heavy atom. The van der Waals surface area contributed by atoms with Gasteiger partial charge in [0.1, 0.15) is 17.4 Å². The number of carbonyl (C=O) groups is 1. The fraction of sp³-hybridized carbons (Fsp3) is 0.0476. The van der Waals surface area contributed by atoms with Crippen LogP contribution in [0, 0.1) is 11.3 Å². The van der Waals surface area contributed by atoms with Gasteiger partial charge < -0.3 is 9.26 Å². The van der Waals surface area contributed by atoms with Crippen molar-refractivity contribution in [1.82, 2.24) is 10.1 Å². The van der Waals surface area contributed by atoms with Crippen LogP contribution < -0.4 is 4.74 Å². The second kappa shape index (κ2) is 8.65. The van der Waals surface area contributed by atoms with E-state index in [-0.39, 0.29) is 18.0 Å². The Hall–Kier alpha value is -3.54. The summed E-state index contributed by atoms with van der Waals surface area (Å²) < 4.78 is 10.9. The topological polar surface area (TPSA) is 89.0 Å². The Bertz CT molecular complexity index is 1170. The van der Waals surface area contributed by atoms with E-state index in [1.165, 1.54) is 11.3 Å². The van der Waals surface area contributed by atoms with Gasteiger partial charge in [0.2, 0.25) is 11.6 Å². The molecule has 0 aliphatic rings. The average molecular weight is 419 g/mol. The fourth-order valence-electron chi connectivity index (χ4n) is 2.48. The molecule has 6 nitrogen and oxygen atoms in total. The number of hydrogen-bond acceptors (Lipinski definition) is 8. The molecule has 0 saturated heterocycles. The second-order valence-electron chi connectivity index (χ2n) is 5.86. The Kier molecular flexibility index (Phi) is 5.61. The first kappa shape index (κ1) is 18.8. The molecule has 0 saturated carbocycles. The van der Waals surface area contributed by atoms with Crippen LogP contribution in [0.3, 0.4) is 0 Å². The van der Waals surface area contributed by atoms with Gasteiger partial charge in [-0.3, -0.25) is 4.79 Å². The minimum Gasteiger partial charge on any atom is -0.484 e. The molecule has 0 fully saturated rings. The summed E-state index contributed by atoms with van der Waals surface area (Å²) in [6.07, 6.45) is 1.57. The molecule has 0 radical (unpaired) electrons. The van der Waals surface area contributed by atoms with Gasteiger partial charge in [0.15, 0.2) is 6.61 Å². The standard InChI is InChI=1S/C21H13N3O3S2/c22-11-16(20(25)18-2-1-8-29-18)10-14-3-5-17(6-4-14)26-12-19-23-21(24-27-19)15-7-9-28-13-15/h1-10,13H,12H2/b16-10+. The zero-order valence-electron chi connectivity index (χ0n) is 14.9. The van der Waals surface area contributed by atoms with E-state index in [1.54, 1.807) is 59.2 Å². The molecular weight excluding hydrogens is 406 g/mol. The van der Waals surface area contributed by atoms with Gasteiger partial charge in [0, 0.05) is 10.9 Å². The van der Waals surface area contributed by atoms with E-state index in [4.69, 9.17) is 9.26 Å². The SMILES string of the molecule is N#C/C(=C\c1ccc(OCc2nc(-c3ccsc3)no2)cc1)C(=O)c1cccs1.